The molecule has 1 heteroatoms. The van der Waals surface area contributed by atoms with E-state index in [1.54, 1.807) is 11.8 Å². The average molecular weight is 284 g/mol. The molecule has 0 fully saturated rings. The molecule has 0 aliphatic rings. The number of thioether (sulfide) groups is 1. The van der Waals surface area contributed by atoms with Gasteiger partial charge in [0.05, 0.1) is 0 Å². The number of aryl methyl sites for hydroxylation is 1. The maximum Gasteiger partial charge on any atom is 0.0151 e. The number of allylic oxidation sites excluding steroid dienone is 5. The van der Waals surface area contributed by atoms with E-state index in [0.29, 0.717) is 0 Å². The van der Waals surface area contributed by atoms with Crippen molar-refractivity contribution in [2.75, 3.05) is 0 Å². The van der Waals surface area contributed by atoms with Crippen molar-refractivity contribution >= 4 is 11.8 Å². The molecule has 0 spiro atoms. The Labute approximate surface area is 128 Å². The normalized spacial score (nSPS) is 12.9. The molecule has 20 heavy (non-hydrogen) atoms. The Balaban J connectivity index is 3.11. The van der Waals surface area contributed by atoms with Crippen molar-refractivity contribution < 1.29 is 0 Å². The van der Waals surface area contributed by atoms with Crippen LogP contribution in [0, 0.1) is 6.92 Å². The van der Waals surface area contributed by atoms with Gasteiger partial charge >= 0.3 is 0 Å². The van der Waals surface area contributed by atoms with Crippen molar-refractivity contribution in [2.45, 2.75) is 39.0 Å². The van der Waals surface area contributed by atoms with Crippen LogP contribution in [-0.2, 0) is 0 Å². The number of rotatable bonds is 6. The molecule has 0 aliphatic heterocycles. The van der Waals surface area contributed by atoms with E-state index in [4.69, 9.17) is 0 Å². The van der Waals surface area contributed by atoms with Gasteiger partial charge < -0.3 is 0 Å². The van der Waals surface area contributed by atoms with Crippen molar-refractivity contribution in [1.29, 1.82) is 0 Å². The molecule has 0 radical (unpaired) electrons. The molecule has 0 bridgehead atoms. The fourth-order valence-electron chi connectivity index (χ4n) is 2.09. The van der Waals surface area contributed by atoms with Crippen LogP contribution in [0.5, 0.6) is 0 Å². The molecule has 0 aliphatic carbocycles. The van der Waals surface area contributed by atoms with E-state index in [-0.39, 0.29) is 0 Å². The van der Waals surface area contributed by atoms with Gasteiger partial charge in [0, 0.05) is 9.80 Å². The summed E-state index contributed by atoms with van der Waals surface area (Å²) in [5, 5.41) is 0. The molecule has 1 aromatic rings. The average Bonchev–Trinajstić information content (AvgIpc) is 2.41. The number of hydrogen-bond acceptors (Lipinski definition) is 1. The van der Waals surface area contributed by atoms with Gasteiger partial charge in [0.1, 0.15) is 0 Å². The van der Waals surface area contributed by atoms with Crippen molar-refractivity contribution in [3.05, 3.63) is 76.8 Å². The highest BCUT2D eigenvalue weighted by Crippen LogP contribution is 2.37. The Hall–Kier alpha value is -1.47. The second-order valence-electron chi connectivity index (χ2n) is 4.89. The molecule has 0 atom stereocenters. The Morgan fingerprint density at radius 2 is 1.90 bits per heavy atom. The van der Waals surface area contributed by atoms with Gasteiger partial charge in [0.2, 0.25) is 0 Å². The molecular weight excluding hydrogens is 260 g/mol. The lowest BCUT2D eigenvalue weighted by molar-refractivity contribution is 1.07. The Morgan fingerprint density at radius 1 is 1.25 bits per heavy atom. The SMILES string of the molecule is C=C/C=C(C)\C(C(=C)Sc1ccccc1C)=C(/C)CC. The van der Waals surface area contributed by atoms with E-state index in [1.165, 1.54) is 27.2 Å². The molecular formula is C19H24S. The zero-order valence-electron chi connectivity index (χ0n) is 13.0. The molecule has 0 aromatic heterocycles. The van der Waals surface area contributed by atoms with Gasteiger partial charge in [-0.25, -0.2) is 0 Å². The summed E-state index contributed by atoms with van der Waals surface area (Å²) in [6, 6.07) is 8.43. The summed E-state index contributed by atoms with van der Waals surface area (Å²) in [4.78, 5) is 2.37. The van der Waals surface area contributed by atoms with Crippen LogP contribution in [0.1, 0.15) is 32.8 Å². The van der Waals surface area contributed by atoms with Crippen LogP contribution in [0.25, 0.3) is 0 Å². The molecule has 0 nitrogen and oxygen atoms in total. The second kappa shape index (κ2) is 7.96. The van der Waals surface area contributed by atoms with Crippen LogP contribution in [0.15, 0.2) is 76.1 Å². The Morgan fingerprint density at radius 3 is 2.45 bits per heavy atom. The molecule has 1 aromatic carbocycles. The molecule has 0 N–H and O–H groups in total. The van der Waals surface area contributed by atoms with Gasteiger partial charge in [-0.15, -0.1) is 0 Å². The second-order valence-corrected chi connectivity index (χ2v) is 6.02. The van der Waals surface area contributed by atoms with Crippen molar-refractivity contribution in [3.63, 3.8) is 0 Å². The van der Waals surface area contributed by atoms with Gasteiger partial charge in [-0.05, 0) is 50.0 Å². The summed E-state index contributed by atoms with van der Waals surface area (Å²) in [6.45, 7) is 16.7. The molecule has 0 heterocycles. The van der Waals surface area contributed by atoms with E-state index in [2.05, 4.69) is 71.2 Å². The van der Waals surface area contributed by atoms with Gasteiger partial charge in [0.25, 0.3) is 0 Å². The van der Waals surface area contributed by atoms with Crippen LogP contribution < -0.4 is 0 Å². The fourth-order valence-corrected chi connectivity index (χ4v) is 3.16. The maximum absolute atomic E-state index is 4.29. The van der Waals surface area contributed by atoms with E-state index in [0.717, 1.165) is 11.3 Å². The predicted octanol–water partition coefficient (Wildman–Crippen LogP) is 6.46. The topological polar surface area (TPSA) is 0 Å². The number of hydrogen-bond donors (Lipinski definition) is 0. The van der Waals surface area contributed by atoms with Crippen molar-refractivity contribution in [1.82, 2.24) is 0 Å². The highest BCUT2D eigenvalue weighted by atomic mass is 32.2. The summed E-state index contributed by atoms with van der Waals surface area (Å²) in [5.74, 6) is 0. The summed E-state index contributed by atoms with van der Waals surface area (Å²) < 4.78 is 0. The van der Waals surface area contributed by atoms with E-state index < -0.39 is 0 Å². The quantitative estimate of drug-likeness (QED) is 0.426. The first-order valence-electron chi connectivity index (χ1n) is 6.93. The largest absolute Gasteiger partial charge is 0.0991 e. The van der Waals surface area contributed by atoms with E-state index in [1.807, 2.05) is 6.08 Å². The van der Waals surface area contributed by atoms with Crippen LogP contribution in [0.3, 0.4) is 0 Å². The van der Waals surface area contributed by atoms with Crippen molar-refractivity contribution in [3.8, 4) is 0 Å². The minimum atomic E-state index is 1.03. The highest BCUT2D eigenvalue weighted by molar-refractivity contribution is 8.03. The van der Waals surface area contributed by atoms with E-state index in [9.17, 15) is 0 Å². The first-order chi connectivity index (χ1) is 9.51. The summed E-state index contributed by atoms with van der Waals surface area (Å²) >= 11 is 1.75. The van der Waals surface area contributed by atoms with Crippen molar-refractivity contribution in [2.24, 2.45) is 0 Å². The summed E-state index contributed by atoms with van der Waals surface area (Å²) in [6.07, 6.45) is 4.92. The lowest BCUT2D eigenvalue weighted by atomic mass is 10.00. The lowest BCUT2D eigenvalue weighted by Gasteiger charge is -2.15. The zero-order valence-corrected chi connectivity index (χ0v) is 13.8. The zero-order chi connectivity index (χ0) is 15.1. The molecule has 0 unspecified atom stereocenters. The standard InChI is InChI=1S/C19H24S/c1-7-11-16(5)19(14(3)8-2)17(6)20-18-13-10-9-12-15(18)4/h7,9-13H,1,6,8H2,2-5H3/b16-11-,19-14-. The molecule has 0 amide bonds. The number of benzene rings is 1. The third-order valence-electron chi connectivity index (χ3n) is 3.32. The molecule has 106 valence electrons. The third kappa shape index (κ3) is 4.28. The van der Waals surface area contributed by atoms with Gasteiger partial charge in [-0.2, -0.15) is 0 Å². The van der Waals surface area contributed by atoms with Crippen LogP contribution >= 0.6 is 11.8 Å². The van der Waals surface area contributed by atoms with Gasteiger partial charge in [-0.3, -0.25) is 0 Å². The summed E-state index contributed by atoms with van der Waals surface area (Å²) in [7, 11) is 0. The third-order valence-corrected chi connectivity index (χ3v) is 4.45. The predicted molar refractivity (Wildman–Crippen MR) is 93.1 cm³/mol. The summed E-state index contributed by atoms with van der Waals surface area (Å²) in [5.41, 5.74) is 5.15. The minimum Gasteiger partial charge on any atom is -0.0991 e. The van der Waals surface area contributed by atoms with Gasteiger partial charge in [-0.1, -0.05) is 67.8 Å². The lowest BCUT2D eigenvalue weighted by Crippen LogP contribution is -1.93. The Kier molecular flexibility index (Phi) is 6.60. The minimum absolute atomic E-state index is 1.03. The van der Waals surface area contributed by atoms with Crippen LogP contribution in [0.2, 0.25) is 0 Å². The van der Waals surface area contributed by atoms with E-state index >= 15 is 0 Å². The smallest absolute Gasteiger partial charge is 0.0151 e. The van der Waals surface area contributed by atoms with Crippen LogP contribution in [-0.4, -0.2) is 0 Å². The fraction of sp³-hybridized carbons (Fsp3) is 0.263. The van der Waals surface area contributed by atoms with Crippen LogP contribution in [0.4, 0.5) is 0 Å². The van der Waals surface area contributed by atoms with Gasteiger partial charge in [0.15, 0.2) is 0 Å². The molecule has 0 saturated heterocycles. The highest BCUT2D eigenvalue weighted by Gasteiger charge is 2.11. The first kappa shape index (κ1) is 16.6. The molecule has 0 saturated carbocycles. The Bertz CT molecular complexity index is 559. The first-order valence-corrected chi connectivity index (χ1v) is 7.75. The monoisotopic (exact) mass is 284 g/mol. The molecule has 1 rings (SSSR count). The maximum atomic E-state index is 4.29.